The first-order valence-corrected chi connectivity index (χ1v) is 19.7. The number of hydrogen-bond donors (Lipinski definition) is 1. The van der Waals surface area contributed by atoms with Gasteiger partial charge in [0.2, 0.25) is 0 Å². The number of aliphatic hydroxyl groups excluding tert-OH is 1. The number of rotatable bonds is 15. The normalized spacial score (nSPS) is 11.7. The van der Waals surface area contributed by atoms with Crippen LogP contribution in [0, 0.1) is 23.3 Å². The summed E-state index contributed by atoms with van der Waals surface area (Å²) in [6, 6.07) is 12.2. The maximum atomic E-state index is 15.4. The maximum Gasteiger partial charge on any atom is 0.188 e. The van der Waals surface area contributed by atoms with Gasteiger partial charge in [0, 0.05) is 58.1 Å². The Balaban J connectivity index is 0.000000223. The van der Waals surface area contributed by atoms with E-state index in [1.807, 2.05) is 20.8 Å². The van der Waals surface area contributed by atoms with E-state index in [1.54, 1.807) is 53.6 Å². The molecule has 0 bridgehead atoms. The van der Waals surface area contributed by atoms with Crippen LogP contribution in [0.3, 0.4) is 0 Å². The lowest BCUT2D eigenvalue weighted by atomic mass is 9.95. The Morgan fingerprint density at radius 1 is 0.690 bits per heavy atom. The fraction of sp³-hybridized carbons (Fsp3) is 0.333. The highest BCUT2D eigenvalue weighted by Gasteiger charge is 2.24. The number of imidazole rings is 2. The first-order valence-electron chi connectivity index (χ1n) is 18.1. The first-order chi connectivity index (χ1) is 27.5. The number of benzene rings is 4. The minimum Gasteiger partial charge on any atom is -0.394 e. The minimum absolute atomic E-state index is 0.00114. The van der Waals surface area contributed by atoms with E-state index in [9.17, 15) is 18.4 Å². The number of aliphatic hydroxyl groups is 1. The molecule has 0 saturated heterocycles. The summed E-state index contributed by atoms with van der Waals surface area (Å²) in [4.78, 5) is 33.7. The second-order valence-corrected chi connectivity index (χ2v) is 16.2. The number of carbonyl (C=O) groups excluding carboxylic acids is 2. The van der Waals surface area contributed by atoms with E-state index in [1.165, 1.54) is 30.9 Å². The molecule has 10 nitrogen and oxygen atoms in total. The number of hydrogen-bond acceptors (Lipinski definition) is 8. The molecule has 0 aliphatic rings. The van der Waals surface area contributed by atoms with Crippen LogP contribution in [0.1, 0.15) is 63.7 Å². The molecule has 4 aromatic carbocycles. The van der Waals surface area contributed by atoms with Gasteiger partial charge in [-0.3, -0.25) is 9.59 Å². The largest absolute Gasteiger partial charge is 0.394 e. The molecule has 0 radical (unpaired) electrons. The van der Waals surface area contributed by atoms with Crippen molar-refractivity contribution in [3.05, 3.63) is 127 Å². The summed E-state index contributed by atoms with van der Waals surface area (Å²) in [5.74, 6) is -3.09. The highest BCUT2D eigenvalue weighted by Crippen LogP contribution is 2.30. The van der Waals surface area contributed by atoms with E-state index >= 15 is 8.78 Å². The Morgan fingerprint density at radius 3 is 1.52 bits per heavy atom. The van der Waals surface area contributed by atoms with Gasteiger partial charge in [-0.05, 0) is 68.3 Å². The molecule has 0 aliphatic carbocycles. The number of aromatic nitrogens is 4. The van der Waals surface area contributed by atoms with Crippen molar-refractivity contribution in [3.63, 3.8) is 0 Å². The van der Waals surface area contributed by atoms with Gasteiger partial charge in [0.05, 0.1) is 55.7 Å². The van der Waals surface area contributed by atoms with Gasteiger partial charge in [0.15, 0.2) is 23.2 Å². The summed E-state index contributed by atoms with van der Waals surface area (Å²) in [5.41, 5.74) is 1.90. The SMILES string of the molecule is Cn1cnc2c(F)c(Cc3ccc(Br)cc3F)c(C(=O)COCCO)cc21.Cn1cnc2c(F)c(Cc3ccc(Br)cc3F)c(C(=O)COCCOC(C)(C)C)cc21. The topological polar surface area (TPSA) is 118 Å². The summed E-state index contributed by atoms with van der Waals surface area (Å²) < 4.78 is 79.7. The van der Waals surface area contributed by atoms with Gasteiger partial charge in [-0.2, -0.15) is 0 Å². The Hall–Kier alpha value is -4.32. The molecule has 1 N–H and O–H groups in total. The Labute approximate surface area is 349 Å². The predicted molar refractivity (Wildman–Crippen MR) is 218 cm³/mol. The van der Waals surface area contributed by atoms with Crippen LogP contribution >= 0.6 is 31.9 Å². The van der Waals surface area contributed by atoms with Crippen molar-refractivity contribution >= 4 is 65.5 Å². The van der Waals surface area contributed by atoms with Crippen LogP contribution in [0.4, 0.5) is 17.6 Å². The standard InChI is InChI=1S/C23H25BrF2N2O3.C19H17BrF2N2O3/c1-23(2,3)31-8-7-30-12-20(29)16-11-19-22(27-13-28(19)4)21(26)17(16)9-14-5-6-15(24)10-18(14)25;1-24-10-23-19-16(24)8-13(17(26)9-27-5-4-25)14(18(19)22)6-11-2-3-12(20)7-15(11)21/h5-6,10-11,13H,7-9,12H2,1-4H3;2-3,7-8,10,25H,4-6,9H2,1H3. The number of carbonyl (C=O) groups is 2. The molecular weight excluding hydrogens is 892 g/mol. The number of aryl methyl sites for hydroxylation is 2. The molecule has 0 fully saturated rings. The number of Topliss-reactive ketones (excluding diaryl/α,β-unsaturated/α-hetero) is 2. The number of nitrogens with zero attached hydrogens (tertiary/aromatic N) is 4. The molecule has 16 heteroatoms. The van der Waals surface area contributed by atoms with Crippen LogP contribution in [-0.2, 0) is 41.1 Å². The smallest absolute Gasteiger partial charge is 0.188 e. The molecule has 2 heterocycles. The van der Waals surface area contributed by atoms with Crippen molar-refractivity contribution in [1.82, 2.24) is 19.1 Å². The van der Waals surface area contributed by atoms with Crippen LogP contribution in [0.2, 0.25) is 0 Å². The van der Waals surface area contributed by atoms with Crippen molar-refractivity contribution in [1.29, 1.82) is 0 Å². The van der Waals surface area contributed by atoms with Crippen LogP contribution in [0.25, 0.3) is 22.1 Å². The molecule has 0 unspecified atom stereocenters. The lowest BCUT2D eigenvalue weighted by molar-refractivity contribution is -0.0324. The van der Waals surface area contributed by atoms with Gasteiger partial charge in [-0.15, -0.1) is 0 Å². The predicted octanol–water partition coefficient (Wildman–Crippen LogP) is 8.62. The number of ketones is 2. The minimum atomic E-state index is -0.652. The molecule has 0 aliphatic heterocycles. The van der Waals surface area contributed by atoms with Gasteiger partial charge in [-0.25, -0.2) is 27.5 Å². The van der Waals surface area contributed by atoms with E-state index in [4.69, 9.17) is 19.3 Å². The van der Waals surface area contributed by atoms with Crippen molar-refractivity contribution < 1.29 is 46.5 Å². The summed E-state index contributed by atoms with van der Waals surface area (Å²) in [7, 11) is 3.41. The van der Waals surface area contributed by atoms with Crippen LogP contribution in [0.15, 0.2) is 70.1 Å². The zero-order chi connectivity index (χ0) is 42.3. The number of fused-ring (bicyclic) bond motifs is 2. The monoisotopic (exact) mass is 932 g/mol. The fourth-order valence-corrected chi connectivity index (χ4v) is 6.71. The van der Waals surface area contributed by atoms with Crippen molar-refractivity contribution in [2.75, 3.05) is 39.6 Å². The molecule has 0 spiro atoms. The number of ether oxygens (including phenoxy) is 3. The quantitative estimate of drug-likeness (QED) is 0.0619. The lowest BCUT2D eigenvalue weighted by Gasteiger charge is -2.19. The van der Waals surface area contributed by atoms with Crippen LogP contribution in [0.5, 0.6) is 0 Å². The van der Waals surface area contributed by atoms with Gasteiger partial charge < -0.3 is 28.5 Å². The van der Waals surface area contributed by atoms with Crippen LogP contribution < -0.4 is 0 Å². The molecule has 308 valence electrons. The van der Waals surface area contributed by atoms with Crippen molar-refractivity contribution in [2.45, 2.75) is 39.2 Å². The second kappa shape index (κ2) is 19.6. The second-order valence-electron chi connectivity index (χ2n) is 14.3. The highest BCUT2D eigenvalue weighted by atomic mass is 79.9. The third-order valence-corrected chi connectivity index (χ3v) is 9.94. The molecule has 2 aromatic heterocycles. The average molecular weight is 935 g/mol. The Bertz CT molecular complexity index is 2450. The van der Waals surface area contributed by atoms with E-state index in [-0.39, 0.29) is 102 Å². The molecule has 6 aromatic rings. The van der Waals surface area contributed by atoms with Crippen molar-refractivity contribution in [3.8, 4) is 0 Å². The zero-order valence-corrected chi connectivity index (χ0v) is 35.6. The van der Waals surface area contributed by atoms with Gasteiger partial charge in [0.1, 0.15) is 35.9 Å². The fourth-order valence-electron chi connectivity index (χ4n) is 6.04. The van der Waals surface area contributed by atoms with Gasteiger partial charge in [-0.1, -0.05) is 44.0 Å². The molecular formula is C42H42Br2F4N4O6. The summed E-state index contributed by atoms with van der Waals surface area (Å²) in [6.07, 6.45) is 2.75. The summed E-state index contributed by atoms with van der Waals surface area (Å²) >= 11 is 6.40. The average Bonchev–Trinajstić information content (AvgIpc) is 3.73. The lowest BCUT2D eigenvalue weighted by Crippen LogP contribution is -2.23. The van der Waals surface area contributed by atoms with Crippen LogP contribution in [-0.4, -0.2) is 81.0 Å². The third-order valence-electron chi connectivity index (χ3n) is 8.95. The van der Waals surface area contributed by atoms with Gasteiger partial charge in [0.25, 0.3) is 0 Å². The molecule has 0 amide bonds. The zero-order valence-electron chi connectivity index (χ0n) is 32.5. The highest BCUT2D eigenvalue weighted by molar-refractivity contribution is 9.10. The Morgan fingerprint density at radius 2 is 1.12 bits per heavy atom. The molecule has 6 rings (SSSR count). The molecule has 0 saturated carbocycles. The Kier molecular flexibility index (Phi) is 15.1. The van der Waals surface area contributed by atoms with Crippen molar-refractivity contribution in [2.24, 2.45) is 14.1 Å². The van der Waals surface area contributed by atoms with E-state index < -0.39 is 29.1 Å². The number of halogens is 6. The van der Waals surface area contributed by atoms with Gasteiger partial charge >= 0.3 is 0 Å². The third kappa shape index (κ3) is 11.0. The van der Waals surface area contributed by atoms with E-state index in [0.717, 1.165) is 0 Å². The summed E-state index contributed by atoms with van der Waals surface area (Å²) in [6.45, 7) is 5.59. The molecule has 0 atom stereocenters. The first kappa shape index (κ1) is 44.8. The maximum absolute atomic E-state index is 15.4. The van der Waals surface area contributed by atoms with E-state index in [0.29, 0.717) is 26.6 Å². The summed E-state index contributed by atoms with van der Waals surface area (Å²) in [5, 5.41) is 8.79. The molecule has 58 heavy (non-hydrogen) atoms. The van der Waals surface area contributed by atoms with E-state index in [2.05, 4.69) is 41.8 Å².